The molecule has 2 aromatic carbocycles. The van der Waals surface area contributed by atoms with E-state index in [1.165, 1.54) is 21.6 Å². The van der Waals surface area contributed by atoms with Gasteiger partial charge in [-0.25, -0.2) is 4.98 Å². The summed E-state index contributed by atoms with van der Waals surface area (Å²) in [5.41, 5.74) is 1.58. The van der Waals surface area contributed by atoms with Gasteiger partial charge in [0, 0.05) is 44.7 Å². The first kappa shape index (κ1) is 28.8. The Hall–Kier alpha value is -4.15. The summed E-state index contributed by atoms with van der Waals surface area (Å²) in [5, 5.41) is 3.20. The van der Waals surface area contributed by atoms with Crippen molar-refractivity contribution in [1.82, 2.24) is 19.4 Å². The lowest BCUT2D eigenvalue weighted by Gasteiger charge is -2.29. The Kier molecular flexibility index (Phi) is 8.32. The van der Waals surface area contributed by atoms with Crippen molar-refractivity contribution < 1.29 is 22.8 Å². The molecule has 0 saturated heterocycles. The molecule has 8 nitrogen and oxygen atoms in total. The number of nitrogens with zero attached hydrogens (tertiary/aromatic N) is 4. The average Bonchev–Trinajstić information content (AvgIpc) is 2.93. The lowest BCUT2D eigenvalue weighted by atomic mass is 10.0. The maximum Gasteiger partial charge on any atom is 0.416 e. The van der Waals surface area contributed by atoms with Crippen LogP contribution in [-0.4, -0.2) is 51.8 Å². The van der Waals surface area contributed by atoms with Crippen molar-refractivity contribution in [2.75, 3.05) is 26.0 Å². The fourth-order valence-electron chi connectivity index (χ4n) is 4.66. The summed E-state index contributed by atoms with van der Waals surface area (Å²) in [6.07, 6.45) is -3.38. The number of benzene rings is 2. The number of rotatable bonds is 7. The third-order valence-corrected chi connectivity index (χ3v) is 6.92. The third kappa shape index (κ3) is 6.03. The Labute approximate surface area is 230 Å². The molecule has 0 saturated carbocycles. The highest BCUT2D eigenvalue weighted by Gasteiger charge is 2.30. The van der Waals surface area contributed by atoms with Crippen LogP contribution in [0.15, 0.2) is 53.3 Å². The molecule has 2 heterocycles. The number of carbonyl (C=O) groups excluding carboxylic acids is 2. The molecule has 0 bridgehead atoms. The number of hydrogen-bond acceptors (Lipinski definition) is 5. The van der Waals surface area contributed by atoms with E-state index in [0.29, 0.717) is 59.8 Å². The van der Waals surface area contributed by atoms with Gasteiger partial charge in [0.15, 0.2) is 0 Å². The summed E-state index contributed by atoms with van der Waals surface area (Å²) < 4.78 is 40.4. The molecule has 1 aliphatic rings. The van der Waals surface area contributed by atoms with E-state index in [0.717, 1.165) is 12.1 Å². The molecule has 0 aliphatic carbocycles. The Bertz CT molecular complexity index is 1450. The number of fused-ring (bicyclic) bond motifs is 1. The van der Waals surface area contributed by atoms with E-state index in [2.05, 4.69) is 5.32 Å². The third-order valence-electron chi connectivity index (χ3n) is 6.92. The number of aromatic nitrogens is 2. The second-order valence-corrected chi connectivity index (χ2v) is 10.1. The molecule has 11 heteroatoms. The average molecular weight is 556 g/mol. The van der Waals surface area contributed by atoms with Crippen molar-refractivity contribution in [2.45, 2.75) is 52.0 Å². The predicted octanol–water partition coefficient (Wildman–Crippen LogP) is 4.75. The molecule has 0 fully saturated rings. The van der Waals surface area contributed by atoms with Gasteiger partial charge in [-0.05, 0) is 55.3 Å². The highest BCUT2D eigenvalue weighted by Crippen LogP contribution is 2.30. The number of nitrogens with one attached hydrogen (secondary N) is 1. The van der Waals surface area contributed by atoms with Crippen molar-refractivity contribution in [1.29, 1.82) is 0 Å². The lowest BCUT2D eigenvalue weighted by molar-refractivity contribution is -0.137. The minimum Gasteiger partial charge on any atom is -0.349 e. The Morgan fingerprint density at radius 3 is 2.25 bits per heavy atom. The Morgan fingerprint density at radius 2 is 1.68 bits per heavy atom. The van der Waals surface area contributed by atoms with E-state index >= 15 is 0 Å². The quantitative estimate of drug-likeness (QED) is 0.455. The molecule has 0 radical (unpaired) electrons. The van der Waals surface area contributed by atoms with Crippen molar-refractivity contribution in [3.63, 3.8) is 0 Å². The van der Waals surface area contributed by atoms with Crippen molar-refractivity contribution in [3.8, 4) is 0 Å². The standard InChI is InChI=1S/C29H32F3N5O3/c1-5-15-37-27(40)23-17-36(26(39)21-8-6-20(7-9-21)25(38)35(3)4)16-14-24(23)34-28(37)33-18(2)19-10-12-22(13-11-19)29(30,31)32/h6-13,18H,5,14-17H2,1-4H3,(H,33,34). The highest BCUT2D eigenvalue weighted by atomic mass is 19.4. The molecule has 1 aliphatic heterocycles. The van der Waals surface area contributed by atoms with Crippen LogP contribution in [0.2, 0.25) is 0 Å². The maximum absolute atomic E-state index is 13.6. The summed E-state index contributed by atoms with van der Waals surface area (Å²) in [6.45, 7) is 4.58. The number of amides is 2. The topological polar surface area (TPSA) is 87.5 Å². The molecule has 1 N–H and O–H groups in total. The molecule has 1 aromatic heterocycles. The van der Waals surface area contributed by atoms with Crippen molar-refractivity contribution >= 4 is 17.8 Å². The van der Waals surface area contributed by atoms with Gasteiger partial charge in [0.1, 0.15) is 0 Å². The van der Waals surface area contributed by atoms with Gasteiger partial charge in [-0.2, -0.15) is 13.2 Å². The fourth-order valence-corrected chi connectivity index (χ4v) is 4.66. The van der Waals surface area contributed by atoms with Gasteiger partial charge in [-0.3, -0.25) is 19.0 Å². The van der Waals surface area contributed by atoms with Gasteiger partial charge in [0.05, 0.1) is 29.4 Å². The van der Waals surface area contributed by atoms with Crippen LogP contribution in [0.3, 0.4) is 0 Å². The van der Waals surface area contributed by atoms with Crippen LogP contribution >= 0.6 is 0 Å². The van der Waals surface area contributed by atoms with Gasteiger partial charge >= 0.3 is 6.18 Å². The van der Waals surface area contributed by atoms with Crippen molar-refractivity contribution in [3.05, 3.63) is 92.4 Å². The van der Waals surface area contributed by atoms with E-state index in [1.54, 1.807) is 50.2 Å². The molecule has 1 unspecified atom stereocenters. The van der Waals surface area contributed by atoms with Gasteiger partial charge in [-0.1, -0.05) is 19.1 Å². The minimum atomic E-state index is -4.42. The Morgan fingerprint density at radius 1 is 1.05 bits per heavy atom. The largest absolute Gasteiger partial charge is 0.416 e. The molecule has 40 heavy (non-hydrogen) atoms. The van der Waals surface area contributed by atoms with Crippen LogP contribution in [0.5, 0.6) is 0 Å². The zero-order valence-electron chi connectivity index (χ0n) is 22.9. The summed E-state index contributed by atoms with van der Waals surface area (Å²) >= 11 is 0. The maximum atomic E-state index is 13.6. The molecule has 0 spiro atoms. The number of carbonyl (C=O) groups is 2. The van der Waals surface area contributed by atoms with E-state index in [1.807, 2.05) is 6.92 Å². The van der Waals surface area contributed by atoms with Crippen LogP contribution in [-0.2, 0) is 25.7 Å². The first-order chi connectivity index (χ1) is 18.9. The SMILES string of the molecule is CCCn1c(NC(C)c2ccc(C(F)(F)F)cc2)nc2c(c1=O)CN(C(=O)c1ccc(C(=O)N(C)C)cc1)CC2. The van der Waals surface area contributed by atoms with E-state index in [9.17, 15) is 27.6 Å². The first-order valence-corrected chi connectivity index (χ1v) is 13.1. The normalized spacial score (nSPS) is 13.9. The van der Waals surface area contributed by atoms with Crippen LogP contribution in [0.1, 0.15) is 69.4 Å². The molecule has 4 rings (SSSR count). The van der Waals surface area contributed by atoms with E-state index < -0.39 is 17.8 Å². The molecule has 3 aromatic rings. The highest BCUT2D eigenvalue weighted by molar-refractivity contribution is 5.97. The zero-order chi connectivity index (χ0) is 29.2. The smallest absolute Gasteiger partial charge is 0.349 e. The van der Waals surface area contributed by atoms with Gasteiger partial charge in [-0.15, -0.1) is 0 Å². The predicted molar refractivity (Wildman–Crippen MR) is 145 cm³/mol. The van der Waals surface area contributed by atoms with E-state index in [4.69, 9.17) is 4.98 Å². The molecule has 2 amide bonds. The number of alkyl halides is 3. The van der Waals surface area contributed by atoms with Crippen LogP contribution in [0.4, 0.5) is 19.1 Å². The molecule has 212 valence electrons. The summed E-state index contributed by atoms with van der Waals surface area (Å²) in [6, 6.07) is 10.9. The fraction of sp³-hybridized carbons (Fsp3) is 0.379. The van der Waals surface area contributed by atoms with E-state index in [-0.39, 0.29) is 23.9 Å². The van der Waals surface area contributed by atoms with Gasteiger partial charge < -0.3 is 15.1 Å². The second kappa shape index (κ2) is 11.5. The summed E-state index contributed by atoms with van der Waals surface area (Å²) in [4.78, 5) is 46.7. The summed E-state index contributed by atoms with van der Waals surface area (Å²) in [5.74, 6) is -0.0569. The first-order valence-electron chi connectivity index (χ1n) is 13.1. The number of halogens is 3. The lowest BCUT2D eigenvalue weighted by Crippen LogP contribution is -2.41. The number of hydrogen-bond donors (Lipinski definition) is 1. The van der Waals surface area contributed by atoms with Crippen LogP contribution in [0.25, 0.3) is 0 Å². The van der Waals surface area contributed by atoms with Crippen molar-refractivity contribution in [2.24, 2.45) is 0 Å². The molecule has 1 atom stereocenters. The van der Waals surface area contributed by atoms with Gasteiger partial charge in [0.25, 0.3) is 17.4 Å². The minimum absolute atomic E-state index is 0.108. The molecular weight excluding hydrogens is 523 g/mol. The monoisotopic (exact) mass is 555 g/mol. The summed E-state index contributed by atoms with van der Waals surface area (Å²) in [7, 11) is 3.31. The Balaban J connectivity index is 1.56. The molecular formula is C29H32F3N5O3. The van der Waals surface area contributed by atoms with Gasteiger partial charge in [0.2, 0.25) is 5.95 Å². The van der Waals surface area contributed by atoms with Crippen LogP contribution < -0.4 is 10.9 Å². The number of anilines is 1. The van der Waals surface area contributed by atoms with Crippen LogP contribution in [0, 0.1) is 0 Å². The zero-order valence-corrected chi connectivity index (χ0v) is 22.9. The second-order valence-electron chi connectivity index (χ2n) is 10.1.